The number of amides is 2. The number of anilines is 2. The highest BCUT2D eigenvalue weighted by Gasteiger charge is 2.13. The summed E-state index contributed by atoms with van der Waals surface area (Å²) in [6.07, 6.45) is 1.48. The van der Waals surface area contributed by atoms with E-state index in [0.717, 1.165) is 0 Å². The lowest BCUT2D eigenvalue weighted by atomic mass is 10.2. The van der Waals surface area contributed by atoms with Crippen molar-refractivity contribution in [3.05, 3.63) is 52.3 Å². The lowest BCUT2D eigenvalue weighted by molar-refractivity contribution is 0.0698. The molecular formula is C13H9Cl2N3O3. The zero-order valence-electron chi connectivity index (χ0n) is 10.4. The Kier molecular flexibility index (Phi) is 4.62. The van der Waals surface area contributed by atoms with Gasteiger partial charge in [-0.25, -0.2) is 14.6 Å². The summed E-state index contributed by atoms with van der Waals surface area (Å²) in [6, 6.07) is 6.57. The van der Waals surface area contributed by atoms with Crippen LogP contribution in [0.1, 0.15) is 10.4 Å². The Morgan fingerprint density at radius 3 is 2.48 bits per heavy atom. The molecule has 3 N–H and O–H groups in total. The van der Waals surface area contributed by atoms with Crippen molar-refractivity contribution in [2.75, 3.05) is 10.6 Å². The summed E-state index contributed by atoms with van der Waals surface area (Å²) < 4.78 is 0. The number of halogens is 2. The minimum atomic E-state index is -1.18. The van der Waals surface area contributed by atoms with Gasteiger partial charge in [-0.05, 0) is 30.3 Å². The molecule has 0 unspecified atom stereocenters. The van der Waals surface area contributed by atoms with Crippen molar-refractivity contribution in [3.63, 3.8) is 0 Å². The number of carboxylic acids is 1. The number of hydrogen-bond donors (Lipinski definition) is 3. The molecule has 0 aliphatic carbocycles. The number of urea groups is 1. The van der Waals surface area contributed by atoms with Gasteiger partial charge in [-0.2, -0.15) is 0 Å². The first-order chi connectivity index (χ1) is 9.97. The number of carbonyl (C=O) groups is 2. The lowest BCUT2D eigenvalue weighted by Gasteiger charge is -2.10. The topological polar surface area (TPSA) is 91.3 Å². The fourth-order valence-corrected chi connectivity index (χ4v) is 1.90. The van der Waals surface area contributed by atoms with Crippen LogP contribution in [-0.4, -0.2) is 22.1 Å². The summed E-state index contributed by atoms with van der Waals surface area (Å²) in [7, 11) is 0. The summed E-state index contributed by atoms with van der Waals surface area (Å²) in [5, 5.41) is 14.4. The maximum absolute atomic E-state index is 11.9. The highest BCUT2D eigenvalue weighted by Crippen LogP contribution is 2.22. The number of carboxylic acid groups (broad SMARTS) is 1. The second-order valence-corrected chi connectivity index (χ2v) is 4.71. The number of aromatic carboxylic acids is 1. The molecule has 2 rings (SSSR count). The van der Waals surface area contributed by atoms with Crippen molar-refractivity contribution in [1.29, 1.82) is 0 Å². The van der Waals surface area contributed by atoms with E-state index in [0.29, 0.717) is 10.7 Å². The predicted octanol–water partition coefficient (Wildman–Crippen LogP) is 3.73. The maximum Gasteiger partial charge on any atom is 0.337 e. The van der Waals surface area contributed by atoms with Crippen LogP contribution in [0, 0.1) is 0 Å². The summed E-state index contributed by atoms with van der Waals surface area (Å²) in [6.45, 7) is 0. The molecule has 1 aromatic heterocycles. The molecule has 8 heteroatoms. The van der Waals surface area contributed by atoms with E-state index >= 15 is 0 Å². The van der Waals surface area contributed by atoms with Gasteiger partial charge < -0.3 is 15.7 Å². The summed E-state index contributed by atoms with van der Waals surface area (Å²) in [5.74, 6) is -1.18. The van der Waals surface area contributed by atoms with Crippen LogP contribution in [0.3, 0.4) is 0 Å². The van der Waals surface area contributed by atoms with Crippen molar-refractivity contribution in [2.45, 2.75) is 0 Å². The second kappa shape index (κ2) is 6.43. The molecule has 0 aliphatic rings. The Labute approximate surface area is 129 Å². The van der Waals surface area contributed by atoms with Gasteiger partial charge in [-0.15, -0.1) is 0 Å². The van der Waals surface area contributed by atoms with Gasteiger partial charge >= 0.3 is 12.0 Å². The molecule has 0 radical (unpaired) electrons. The highest BCUT2D eigenvalue weighted by molar-refractivity contribution is 6.32. The molecular weight excluding hydrogens is 317 g/mol. The third-order valence-electron chi connectivity index (χ3n) is 2.47. The highest BCUT2D eigenvalue weighted by atomic mass is 35.5. The zero-order chi connectivity index (χ0) is 15.4. The van der Waals surface area contributed by atoms with E-state index < -0.39 is 12.0 Å². The molecule has 0 saturated carbocycles. The van der Waals surface area contributed by atoms with Gasteiger partial charge in [0.2, 0.25) is 0 Å². The van der Waals surface area contributed by atoms with Crippen LogP contribution in [0.5, 0.6) is 0 Å². The van der Waals surface area contributed by atoms with Crippen LogP contribution < -0.4 is 10.6 Å². The number of nitrogens with one attached hydrogen (secondary N) is 2. The van der Waals surface area contributed by atoms with E-state index in [-0.39, 0.29) is 16.4 Å². The van der Waals surface area contributed by atoms with Gasteiger partial charge in [0, 0.05) is 11.2 Å². The quantitative estimate of drug-likeness (QED) is 0.750. The van der Waals surface area contributed by atoms with E-state index in [1.54, 1.807) is 12.1 Å². The van der Waals surface area contributed by atoms with Crippen molar-refractivity contribution in [2.24, 2.45) is 0 Å². The molecule has 1 heterocycles. The number of pyridine rings is 1. The maximum atomic E-state index is 11.9. The van der Waals surface area contributed by atoms with E-state index in [4.69, 9.17) is 28.3 Å². The van der Waals surface area contributed by atoms with Crippen LogP contribution in [0.25, 0.3) is 0 Å². The lowest BCUT2D eigenvalue weighted by Crippen LogP contribution is -2.21. The number of aromatic nitrogens is 1. The summed E-state index contributed by atoms with van der Waals surface area (Å²) in [4.78, 5) is 26.8. The molecule has 0 bridgehead atoms. The Morgan fingerprint density at radius 2 is 1.81 bits per heavy atom. The Hall–Kier alpha value is -2.31. The van der Waals surface area contributed by atoms with Crippen LogP contribution in [0.2, 0.25) is 10.2 Å². The minimum absolute atomic E-state index is 0.0764. The Balaban J connectivity index is 2.18. The molecule has 6 nitrogen and oxygen atoms in total. The number of carbonyl (C=O) groups excluding carboxylic acids is 1. The van der Waals surface area contributed by atoms with Crippen molar-refractivity contribution < 1.29 is 14.7 Å². The third-order valence-corrected chi connectivity index (χ3v) is 3.00. The molecule has 0 aliphatic heterocycles. The monoisotopic (exact) mass is 325 g/mol. The molecule has 21 heavy (non-hydrogen) atoms. The standard InChI is InChI=1S/C13H9Cl2N3O3/c14-7-3-4-8(12(19)20)10(6-7)18-13(21)17-9-2-1-5-16-11(9)15/h1-6H,(H,19,20)(H2,17,18,21). The summed E-state index contributed by atoms with van der Waals surface area (Å²) in [5.41, 5.74) is 0.301. The number of rotatable bonds is 3. The predicted molar refractivity (Wildman–Crippen MR) is 80.3 cm³/mol. The largest absolute Gasteiger partial charge is 0.478 e. The normalized spacial score (nSPS) is 10.0. The van der Waals surface area contributed by atoms with E-state index in [1.807, 2.05) is 0 Å². The van der Waals surface area contributed by atoms with E-state index in [1.165, 1.54) is 24.4 Å². The molecule has 0 saturated heterocycles. The van der Waals surface area contributed by atoms with Crippen LogP contribution in [-0.2, 0) is 0 Å². The van der Waals surface area contributed by atoms with Gasteiger partial charge in [-0.3, -0.25) is 0 Å². The fraction of sp³-hybridized carbons (Fsp3) is 0. The Morgan fingerprint density at radius 1 is 1.10 bits per heavy atom. The fourth-order valence-electron chi connectivity index (χ4n) is 1.56. The molecule has 0 spiro atoms. The van der Waals surface area contributed by atoms with Crippen molar-refractivity contribution in [3.8, 4) is 0 Å². The molecule has 0 fully saturated rings. The average Bonchev–Trinajstić information content (AvgIpc) is 2.41. The number of hydrogen-bond acceptors (Lipinski definition) is 3. The van der Waals surface area contributed by atoms with Crippen LogP contribution in [0.15, 0.2) is 36.5 Å². The van der Waals surface area contributed by atoms with Gasteiger partial charge in [0.05, 0.1) is 16.9 Å². The molecule has 2 amide bonds. The first-order valence-corrected chi connectivity index (χ1v) is 6.44. The third kappa shape index (κ3) is 3.84. The summed E-state index contributed by atoms with van der Waals surface area (Å²) >= 11 is 11.6. The smallest absolute Gasteiger partial charge is 0.337 e. The Bertz CT molecular complexity index is 707. The molecule has 108 valence electrons. The number of nitrogens with zero attached hydrogens (tertiary/aromatic N) is 1. The van der Waals surface area contributed by atoms with Gasteiger partial charge in [0.25, 0.3) is 0 Å². The minimum Gasteiger partial charge on any atom is -0.478 e. The van der Waals surface area contributed by atoms with Gasteiger partial charge in [-0.1, -0.05) is 23.2 Å². The van der Waals surface area contributed by atoms with E-state index in [2.05, 4.69) is 15.6 Å². The zero-order valence-corrected chi connectivity index (χ0v) is 11.9. The van der Waals surface area contributed by atoms with Crippen LogP contribution in [0.4, 0.5) is 16.2 Å². The molecule has 0 atom stereocenters. The van der Waals surface area contributed by atoms with Gasteiger partial charge in [0.1, 0.15) is 0 Å². The first-order valence-electron chi connectivity index (χ1n) is 5.69. The van der Waals surface area contributed by atoms with Gasteiger partial charge in [0.15, 0.2) is 5.15 Å². The second-order valence-electron chi connectivity index (χ2n) is 3.92. The van der Waals surface area contributed by atoms with Crippen molar-refractivity contribution in [1.82, 2.24) is 4.98 Å². The SMILES string of the molecule is O=C(Nc1cc(Cl)ccc1C(=O)O)Nc1cccnc1Cl. The van der Waals surface area contributed by atoms with Crippen LogP contribution >= 0.6 is 23.2 Å². The molecule has 2 aromatic rings. The van der Waals surface area contributed by atoms with E-state index in [9.17, 15) is 9.59 Å². The average molecular weight is 326 g/mol. The molecule has 1 aromatic carbocycles. The first kappa shape index (κ1) is 15.1. The van der Waals surface area contributed by atoms with Crippen molar-refractivity contribution >= 4 is 46.6 Å². The number of benzene rings is 1.